The molecule has 0 radical (unpaired) electrons. The molecule has 1 aliphatic carbocycles. The molecule has 2 atom stereocenters. The van der Waals surface area contributed by atoms with Crippen molar-refractivity contribution < 1.29 is 18.1 Å². The van der Waals surface area contributed by atoms with Gasteiger partial charge in [0, 0.05) is 5.57 Å². The molecule has 0 amide bonds. The minimum Gasteiger partial charge on any atom is -0.615 e. The van der Waals surface area contributed by atoms with Gasteiger partial charge in [0.25, 0.3) is 0 Å². The zero-order valence-corrected chi connectivity index (χ0v) is 12.2. The van der Waals surface area contributed by atoms with Crippen LogP contribution in [0.15, 0.2) is 47.4 Å². The molecule has 2 nitrogen and oxygen atoms in total. The maximum absolute atomic E-state index is 13.5. The van der Waals surface area contributed by atoms with E-state index in [0.29, 0.717) is 30.3 Å². The highest BCUT2D eigenvalue weighted by atomic mass is 32.2. The van der Waals surface area contributed by atoms with Crippen LogP contribution in [0.1, 0.15) is 19.8 Å². The summed E-state index contributed by atoms with van der Waals surface area (Å²) in [4.78, 5) is 10.6. The quantitative estimate of drug-likeness (QED) is 0.411. The van der Waals surface area contributed by atoms with Crippen LogP contribution in [0.5, 0.6) is 0 Å². The molecule has 20 heavy (non-hydrogen) atoms. The van der Waals surface area contributed by atoms with Crippen molar-refractivity contribution in [1.82, 2.24) is 0 Å². The van der Waals surface area contributed by atoms with Crippen LogP contribution >= 0.6 is 0 Å². The van der Waals surface area contributed by atoms with Crippen LogP contribution in [-0.2, 0) is 16.0 Å². The molecule has 0 heterocycles. The molecule has 0 saturated carbocycles. The lowest BCUT2D eigenvalue weighted by atomic mass is 10.0. The van der Waals surface area contributed by atoms with Crippen molar-refractivity contribution in [3.63, 3.8) is 0 Å². The van der Waals surface area contributed by atoms with Gasteiger partial charge in [-0.3, -0.25) is 4.79 Å². The van der Waals surface area contributed by atoms with E-state index in [1.54, 1.807) is 12.2 Å². The smallest absolute Gasteiger partial charge is 0.169 e. The maximum Gasteiger partial charge on any atom is 0.169 e. The maximum atomic E-state index is 13.5. The predicted octanol–water partition coefficient (Wildman–Crippen LogP) is 3.35. The Kier molecular flexibility index (Phi) is 7.47. The van der Waals surface area contributed by atoms with Gasteiger partial charge >= 0.3 is 0 Å². The Morgan fingerprint density at radius 1 is 1.60 bits per heavy atom. The van der Waals surface area contributed by atoms with Crippen LogP contribution in [-0.4, -0.2) is 28.5 Å². The highest BCUT2D eigenvalue weighted by Gasteiger charge is 2.29. The van der Waals surface area contributed by atoms with Crippen molar-refractivity contribution in [2.45, 2.75) is 25.0 Å². The molecule has 0 aliphatic heterocycles. The molecule has 0 N–H and O–H groups in total. The van der Waals surface area contributed by atoms with Gasteiger partial charge in [0.05, 0.1) is 0 Å². The van der Waals surface area contributed by atoms with Gasteiger partial charge in [0.2, 0.25) is 0 Å². The van der Waals surface area contributed by atoms with Crippen molar-refractivity contribution in [3.8, 4) is 0 Å². The van der Waals surface area contributed by atoms with Gasteiger partial charge in [0.15, 0.2) is 17.3 Å². The van der Waals surface area contributed by atoms with Crippen molar-refractivity contribution in [2.24, 2.45) is 0 Å². The average Bonchev–Trinajstić information content (AvgIpc) is 2.63. The third-order valence-electron chi connectivity index (χ3n) is 2.95. The fourth-order valence-electron chi connectivity index (χ4n) is 2.07. The highest BCUT2D eigenvalue weighted by molar-refractivity contribution is 7.93. The van der Waals surface area contributed by atoms with Gasteiger partial charge in [-0.1, -0.05) is 19.1 Å². The minimum absolute atomic E-state index is 0.144. The Hall–Kier alpha value is -1.20. The number of rotatable bonds is 7. The van der Waals surface area contributed by atoms with E-state index < -0.39 is 28.9 Å². The van der Waals surface area contributed by atoms with Crippen LogP contribution in [0.3, 0.4) is 0 Å². The number of aldehydes is 1. The van der Waals surface area contributed by atoms with Crippen molar-refractivity contribution >= 4 is 17.5 Å². The van der Waals surface area contributed by atoms with Gasteiger partial charge < -0.3 is 4.55 Å². The SMILES string of the molecule is CC/C(=C\CF)C(C1=CCC=CC(F)=C1)[S+]([O-])CC=O. The Morgan fingerprint density at radius 2 is 2.35 bits per heavy atom. The fourth-order valence-corrected chi connectivity index (χ4v) is 3.46. The first-order valence-corrected chi connectivity index (χ1v) is 7.81. The van der Waals surface area contributed by atoms with E-state index in [1.807, 2.05) is 6.92 Å². The molecule has 0 aromatic rings. The molecule has 0 saturated heterocycles. The minimum atomic E-state index is -1.52. The highest BCUT2D eigenvalue weighted by Crippen LogP contribution is 2.28. The zero-order chi connectivity index (χ0) is 15.0. The zero-order valence-electron chi connectivity index (χ0n) is 11.4. The third-order valence-corrected chi connectivity index (χ3v) is 4.52. The van der Waals surface area contributed by atoms with E-state index in [-0.39, 0.29) is 5.75 Å². The van der Waals surface area contributed by atoms with Crippen molar-refractivity contribution in [3.05, 3.63) is 47.4 Å². The van der Waals surface area contributed by atoms with Crippen LogP contribution in [0, 0.1) is 0 Å². The number of carbonyl (C=O) groups is 1. The summed E-state index contributed by atoms with van der Waals surface area (Å²) in [6, 6.07) is 0. The van der Waals surface area contributed by atoms with Gasteiger partial charge in [0.1, 0.15) is 12.5 Å². The van der Waals surface area contributed by atoms with Crippen molar-refractivity contribution in [2.75, 3.05) is 12.4 Å². The summed E-state index contributed by atoms with van der Waals surface area (Å²) in [6.07, 6.45) is 9.01. The molecule has 1 rings (SSSR count). The van der Waals surface area contributed by atoms with Gasteiger partial charge in [-0.25, -0.2) is 8.78 Å². The molecule has 5 heteroatoms. The number of allylic oxidation sites excluding steroid dienone is 6. The lowest BCUT2D eigenvalue weighted by Crippen LogP contribution is -2.28. The molecule has 110 valence electrons. The second kappa shape index (κ2) is 8.87. The summed E-state index contributed by atoms with van der Waals surface area (Å²) in [6.45, 7) is 1.15. The topological polar surface area (TPSA) is 40.1 Å². The number of carbonyl (C=O) groups excluding carboxylic acids is 1. The van der Waals surface area contributed by atoms with E-state index >= 15 is 0 Å². The van der Waals surface area contributed by atoms with Gasteiger partial charge in [-0.15, -0.1) is 0 Å². The first-order valence-electron chi connectivity index (χ1n) is 6.43. The first-order chi connectivity index (χ1) is 9.63. The molecule has 1 aliphatic rings. The molecule has 0 spiro atoms. The lowest BCUT2D eigenvalue weighted by Gasteiger charge is -2.23. The number of halogens is 2. The number of hydrogen-bond donors (Lipinski definition) is 0. The van der Waals surface area contributed by atoms with E-state index in [0.717, 1.165) is 0 Å². The molecular formula is C15H18F2O2S. The van der Waals surface area contributed by atoms with E-state index in [1.165, 1.54) is 18.2 Å². The lowest BCUT2D eigenvalue weighted by molar-refractivity contribution is -0.105. The van der Waals surface area contributed by atoms with Crippen LogP contribution in [0.25, 0.3) is 0 Å². The monoisotopic (exact) mass is 300 g/mol. The van der Waals surface area contributed by atoms with Crippen LogP contribution < -0.4 is 0 Å². The molecule has 0 aromatic heterocycles. The van der Waals surface area contributed by atoms with E-state index in [2.05, 4.69) is 0 Å². The molecule has 2 unspecified atom stereocenters. The van der Waals surface area contributed by atoms with Crippen LogP contribution in [0.4, 0.5) is 8.78 Å². The van der Waals surface area contributed by atoms with Gasteiger partial charge in [-0.2, -0.15) is 0 Å². The molecular weight excluding hydrogens is 282 g/mol. The normalized spacial score (nSPS) is 18.9. The summed E-state index contributed by atoms with van der Waals surface area (Å²) >= 11 is -1.52. The Balaban J connectivity index is 3.16. The van der Waals surface area contributed by atoms with Gasteiger partial charge in [-0.05, 0) is 47.8 Å². The summed E-state index contributed by atoms with van der Waals surface area (Å²) < 4.78 is 38.4. The van der Waals surface area contributed by atoms with E-state index in [4.69, 9.17) is 0 Å². The standard InChI is InChI=1S/C15H18F2O2S/c1-2-12(7-8-16)15(20(19)10-9-18)13-5-3-4-6-14(17)11-13/h4-7,9,11,15H,2-3,8,10H2,1H3/b12-7+. The molecule has 0 fully saturated rings. The number of hydrogen-bond acceptors (Lipinski definition) is 2. The summed E-state index contributed by atoms with van der Waals surface area (Å²) in [5.74, 6) is -0.577. The summed E-state index contributed by atoms with van der Waals surface area (Å²) in [7, 11) is 0. The van der Waals surface area contributed by atoms with Crippen molar-refractivity contribution in [1.29, 1.82) is 0 Å². The van der Waals surface area contributed by atoms with E-state index in [9.17, 15) is 18.1 Å². The second-order valence-electron chi connectivity index (χ2n) is 4.25. The number of alkyl halides is 1. The summed E-state index contributed by atoms with van der Waals surface area (Å²) in [5.41, 5.74) is 1.17. The molecule has 0 bridgehead atoms. The Labute approximate surface area is 121 Å². The Bertz CT molecular complexity index is 453. The second-order valence-corrected chi connectivity index (χ2v) is 5.82. The molecule has 0 aromatic carbocycles. The third kappa shape index (κ3) is 4.72. The largest absolute Gasteiger partial charge is 0.615 e. The fraction of sp³-hybridized carbons (Fsp3) is 0.400. The average molecular weight is 300 g/mol. The first kappa shape index (κ1) is 16.9. The Morgan fingerprint density at radius 3 is 2.95 bits per heavy atom. The summed E-state index contributed by atoms with van der Waals surface area (Å²) in [5, 5.41) is -0.633. The predicted molar refractivity (Wildman–Crippen MR) is 78.2 cm³/mol. The van der Waals surface area contributed by atoms with Crippen LogP contribution in [0.2, 0.25) is 0 Å².